The summed E-state index contributed by atoms with van der Waals surface area (Å²) in [5, 5.41) is 0. The van der Waals surface area contributed by atoms with Crippen LogP contribution in [0.1, 0.15) is 38.6 Å². The van der Waals surface area contributed by atoms with Crippen molar-refractivity contribution in [1.29, 1.82) is 0 Å². The molecule has 1 atom stereocenters. The Morgan fingerprint density at radius 3 is 2.27 bits per heavy atom. The number of amides is 1. The quantitative estimate of drug-likeness (QED) is 0.756. The Morgan fingerprint density at radius 2 is 1.65 bits per heavy atom. The van der Waals surface area contributed by atoms with Crippen molar-refractivity contribution in [2.75, 3.05) is 65.6 Å². The number of hydrogen-bond donors (Lipinski definition) is 0. The first-order valence-corrected chi connectivity index (χ1v) is 9.90. The van der Waals surface area contributed by atoms with Crippen LogP contribution >= 0.6 is 0 Å². The fraction of sp³-hybridized carbons (Fsp3) is 0.789. The third-order valence-electron chi connectivity index (χ3n) is 5.51. The SMILES string of the molecule is CC(C)c1nccn1[C@@H](C)C(=O)N1CCN(CCN2CCOCC2)CC1. The van der Waals surface area contributed by atoms with Crippen LogP contribution in [-0.2, 0) is 9.53 Å². The molecule has 0 spiro atoms. The van der Waals surface area contributed by atoms with Crippen molar-refractivity contribution in [2.45, 2.75) is 32.7 Å². The number of imidazole rings is 1. The largest absolute Gasteiger partial charge is 0.379 e. The van der Waals surface area contributed by atoms with Crippen molar-refractivity contribution in [3.63, 3.8) is 0 Å². The Morgan fingerprint density at radius 1 is 1.04 bits per heavy atom. The van der Waals surface area contributed by atoms with E-state index < -0.39 is 0 Å². The minimum atomic E-state index is -0.185. The van der Waals surface area contributed by atoms with Gasteiger partial charge in [-0.25, -0.2) is 4.98 Å². The van der Waals surface area contributed by atoms with Crippen molar-refractivity contribution in [1.82, 2.24) is 24.3 Å². The lowest BCUT2D eigenvalue weighted by molar-refractivity contribution is -0.136. The van der Waals surface area contributed by atoms with Crippen LogP contribution in [0.3, 0.4) is 0 Å². The Hall–Kier alpha value is -1.44. The maximum Gasteiger partial charge on any atom is 0.245 e. The topological polar surface area (TPSA) is 53.8 Å². The number of rotatable bonds is 6. The molecule has 0 aliphatic carbocycles. The lowest BCUT2D eigenvalue weighted by Gasteiger charge is -2.37. The molecule has 2 saturated heterocycles. The molecule has 0 saturated carbocycles. The first kappa shape index (κ1) is 19.3. The molecule has 3 heterocycles. The summed E-state index contributed by atoms with van der Waals surface area (Å²) in [5.41, 5.74) is 0. The first-order valence-electron chi connectivity index (χ1n) is 9.90. The van der Waals surface area contributed by atoms with Crippen LogP contribution < -0.4 is 0 Å². The van der Waals surface area contributed by atoms with Gasteiger partial charge in [0.25, 0.3) is 0 Å². The summed E-state index contributed by atoms with van der Waals surface area (Å²) in [6.07, 6.45) is 3.72. The van der Waals surface area contributed by atoms with Gasteiger partial charge >= 0.3 is 0 Å². The van der Waals surface area contributed by atoms with Gasteiger partial charge in [-0.1, -0.05) is 13.8 Å². The van der Waals surface area contributed by atoms with E-state index in [4.69, 9.17) is 4.74 Å². The fourth-order valence-corrected chi connectivity index (χ4v) is 3.78. The van der Waals surface area contributed by atoms with Gasteiger partial charge in [0, 0.05) is 70.7 Å². The average Bonchev–Trinajstić information content (AvgIpc) is 3.16. The third-order valence-corrected chi connectivity index (χ3v) is 5.51. The minimum Gasteiger partial charge on any atom is -0.379 e. The molecule has 1 aromatic heterocycles. The molecular formula is C19H33N5O2. The van der Waals surface area contributed by atoms with E-state index in [9.17, 15) is 4.79 Å². The molecule has 7 nitrogen and oxygen atoms in total. The van der Waals surface area contributed by atoms with Gasteiger partial charge in [0.2, 0.25) is 5.91 Å². The normalized spacial score (nSPS) is 21.3. The van der Waals surface area contributed by atoms with Crippen molar-refractivity contribution < 1.29 is 9.53 Å². The molecule has 26 heavy (non-hydrogen) atoms. The van der Waals surface area contributed by atoms with E-state index in [0.29, 0.717) is 5.92 Å². The predicted molar refractivity (Wildman–Crippen MR) is 101 cm³/mol. The zero-order valence-corrected chi connectivity index (χ0v) is 16.4. The zero-order valence-electron chi connectivity index (χ0n) is 16.4. The van der Waals surface area contributed by atoms with Gasteiger partial charge in [-0.3, -0.25) is 14.6 Å². The smallest absolute Gasteiger partial charge is 0.245 e. The minimum absolute atomic E-state index is 0.185. The second-order valence-corrected chi connectivity index (χ2v) is 7.64. The highest BCUT2D eigenvalue weighted by Crippen LogP contribution is 2.19. The summed E-state index contributed by atoms with van der Waals surface area (Å²) >= 11 is 0. The molecular weight excluding hydrogens is 330 g/mol. The highest BCUT2D eigenvalue weighted by Gasteiger charge is 2.27. The standard InChI is InChI=1S/C19H33N5O2/c1-16(2)18-20-4-5-24(18)17(3)19(25)23-10-8-21(9-11-23)6-7-22-12-14-26-15-13-22/h4-5,16-17H,6-15H2,1-3H3/t17-/m0/s1. The third kappa shape index (κ3) is 4.64. The molecule has 7 heteroatoms. The van der Waals surface area contributed by atoms with Crippen LogP contribution in [0.25, 0.3) is 0 Å². The van der Waals surface area contributed by atoms with Gasteiger partial charge < -0.3 is 14.2 Å². The molecule has 0 N–H and O–H groups in total. The Balaban J connectivity index is 1.46. The van der Waals surface area contributed by atoms with Crippen LogP contribution in [-0.4, -0.2) is 95.7 Å². The highest BCUT2D eigenvalue weighted by molar-refractivity contribution is 5.80. The molecule has 2 fully saturated rings. The second-order valence-electron chi connectivity index (χ2n) is 7.64. The summed E-state index contributed by atoms with van der Waals surface area (Å²) in [5.74, 6) is 1.50. The van der Waals surface area contributed by atoms with Gasteiger partial charge in [-0.15, -0.1) is 0 Å². The summed E-state index contributed by atoms with van der Waals surface area (Å²) in [4.78, 5) is 24.3. The van der Waals surface area contributed by atoms with Gasteiger partial charge in [-0.2, -0.15) is 0 Å². The molecule has 1 aromatic rings. The van der Waals surface area contributed by atoms with Gasteiger partial charge in [0.15, 0.2) is 0 Å². The van der Waals surface area contributed by atoms with Crippen molar-refractivity contribution in [3.05, 3.63) is 18.2 Å². The maximum atomic E-state index is 12.9. The summed E-state index contributed by atoms with van der Waals surface area (Å²) in [7, 11) is 0. The van der Waals surface area contributed by atoms with Crippen molar-refractivity contribution >= 4 is 5.91 Å². The molecule has 2 aliphatic heterocycles. The van der Waals surface area contributed by atoms with Crippen LogP contribution in [0.4, 0.5) is 0 Å². The van der Waals surface area contributed by atoms with Gasteiger partial charge in [-0.05, 0) is 6.92 Å². The van der Waals surface area contributed by atoms with Crippen LogP contribution in [0.5, 0.6) is 0 Å². The second kappa shape index (κ2) is 8.97. The van der Waals surface area contributed by atoms with E-state index in [0.717, 1.165) is 71.4 Å². The van der Waals surface area contributed by atoms with E-state index in [1.807, 2.05) is 22.6 Å². The number of carbonyl (C=O) groups excluding carboxylic acids is 1. The molecule has 0 unspecified atom stereocenters. The van der Waals surface area contributed by atoms with Crippen LogP contribution in [0.15, 0.2) is 12.4 Å². The summed E-state index contributed by atoms with van der Waals surface area (Å²) in [6.45, 7) is 15.7. The maximum absolute atomic E-state index is 12.9. The van der Waals surface area contributed by atoms with E-state index in [-0.39, 0.29) is 11.9 Å². The number of aromatic nitrogens is 2. The Bertz CT molecular complexity index is 574. The molecule has 1 amide bonds. The molecule has 3 rings (SSSR count). The fourth-order valence-electron chi connectivity index (χ4n) is 3.78. The lowest BCUT2D eigenvalue weighted by Crippen LogP contribution is -2.52. The number of morpholine rings is 1. The van der Waals surface area contributed by atoms with Gasteiger partial charge in [0.1, 0.15) is 11.9 Å². The van der Waals surface area contributed by atoms with Crippen molar-refractivity contribution in [3.8, 4) is 0 Å². The van der Waals surface area contributed by atoms with E-state index >= 15 is 0 Å². The van der Waals surface area contributed by atoms with Crippen LogP contribution in [0, 0.1) is 0 Å². The number of hydrogen-bond acceptors (Lipinski definition) is 5. The summed E-state index contributed by atoms with van der Waals surface area (Å²) < 4.78 is 7.43. The molecule has 0 radical (unpaired) electrons. The number of nitrogens with zero attached hydrogens (tertiary/aromatic N) is 5. The van der Waals surface area contributed by atoms with Crippen molar-refractivity contribution in [2.24, 2.45) is 0 Å². The van der Waals surface area contributed by atoms with E-state index in [1.165, 1.54) is 0 Å². The molecule has 0 aromatic carbocycles. The summed E-state index contributed by atoms with van der Waals surface area (Å²) in [6, 6.07) is -0.185. The van der Waals surface area contributed by atoms with E-state index in [2.05, 4.69) is 28.6 Å². The number of carbonyl (C=O) groups is 1. The predicted octanol–water partition coefficient (Wildman–Crippen LogP) is 1.04. The Labute approximate surface area is 156 Å². The van der Waals surface area contributed by atoms with E-state index in [1.54, 1.807) is 6.20 Å². The number of piperazine rings is 1. The zero-order chi connectivity index (χ0) is 18.5. The van der Waals surface area contributed by atoms with Crippen LogP contribution in [0.2, 0.25) is 0 Å². The molecule has 146 valence electrons. The average molecular weight is 364 g/mol. The van der Waals surface area contributed by atoms with Gasteiger partial charge in [0.05, 0.1) is 13.2 Å². The lowest BCUT2D eigenvalue weighted by atomic mass is 10.2. The number of ether oxygens (including phenoxy) is 1. The highest BCUT2D eigenvalue weighted by atomic mass is 16.5. The first-order chi connectivity index (χ1) is 12.6. The Kier molecular flexibility index (Phi) is 6.67. The monoisotopic (exact) mass is 363 g/mol. The molecule has 0 bridgehead atoms. The molecule has 2 aliphatic rings.